The maximum Gasteiger partial charge on any atom is 0.0749 e. The molecule has 1 heterocycles. The third kappa shape index (κ3) is 3.42. The molecule has 0 spiro atoms. The van der Waals surface area contributed by atoms with Crippen LogP contribution in [0.25, 0.3) is 0 Å². The normalized spacial score (nSPS) is 12.4. The molecule has 1 unspecified atom stereocenters. The summed E-state index contributed by atoms with van der Waals surface area (Å²) in [5.74, 6) is 0. The van der Waals surface area contributed by atoms with Gasteiger partial charge in [0.15, 0.2) is 0 Å². The van der Waals surface area contributed by atoms with Gasteiger partial charge in [0.05, 0.1) is 11.7 Å². The van der Waals surface area contributed by atoms with E-state index in [9.17, 15) is 0 Å². The van der Waals surface area contributed by atoms with E-state index in [-0.39, 0.29) is 6.04 Å². The summed E-state index contributed by atoms with van der Waals surface area (Å²) in [6.45, 7) is 4.24. The molecule has 19 heavy (non-hydrogen) atoms. The highest BCUT2D eigenvalue weighted by atomic mass is 14.9. The van der Waals surface area contributed by atoms with Crippen molar-refractivity contribution < 1.29 is 0 Å². The number of nitrogens with one attached hydrogen (secondary N) is 1. The lowest BCUT2D eigenvalue weighted by molar-refractivity contribution is 0.667. The van der Waals surface area contributed by atoms with Crippen LogP contribution in [0.3, 0.4) is 0 Å². The number of aromatic nitrogens is 1. The minimum atomic E-state index is 0.164. The van der Waals surface area contributed by atoms with E-state index >= 15 is 0 Å². The smallest absolute Gasteiger partial charge is 0.0749 e. The van der Waals surface area contributed by atoms with Crippen LogP contribution in [0.1, 0.15) is 41.9 Å². The monoisotopic (exact) mass is 254 g/mol. The zero-order valence-electron chi connectivity index (χ0n) is 12.0. The van der Waals surface area contributed by atoms with E-state index in [2.05, 4.69) is 53.6 Å². The Balaban J connectivity index is 2.33. The first-order chi connectivity index (χ1) is 9.24. The Morgan fingerprint density at radius 3 is 2.63 bits per heavy atom. The van der Waals surface area contributed by atoms with Crippen LogP contribution in [0.5, 0.6) is 0 Å². The van der Waals surface area contributed by atoms with Gasteiger partial charge in [0.25, 0.3) is 0 Å². The van der Waals surface area contributed by atoms with E-state index in [0.29, 0.717) is 0 Å². The molecule has 0 bridgehead atoms. The zero-order valence-corrected chi connectivity index (χ0v) is 12.0. The molecule has 1 aromatic carbocycles. The molecule has 2 nitrogen and oxygen atoms in total. The Kier molecular flexibility index (Phi) is 4.69. The van der Waals surface area contributed by atoms with Gasteiger partial charge in [-0.05, 0) is 43.7 Å². The van der Waals surface area contributed by atoms with Crippen LogP contribution in [0.2, 0.25) is 0 Å². The zero-order chi connectivity index (χ0) is 13.7. The SMILES string of the molecule is CCCc1cccc(C(NC)c2cccc(C)n2)c1. The quantitative estimate of drug-likeness (QED) is 0.881. The van der Waals surface area contributed by atoms with Gasteiger partial charge < -0.3 is 5.32 Å². The predicted molar refractivity (Wildman–Crippen MR) is 80.3 cm³/mol. The average Bonchev–Trinajstić information content (AvgIpc) is 2.41. The third-order valence-electron chi connectivity index (χ3n) is 3.32. The molecule has 2 rings (SSSR count). The lowest BCUT2D eigenvalue weighted by Crippen LogP contribution is -2.19. The molecule has 0 aliphatic carbocycles. The summed E-state index contributed by atoms with van der Waals surface area (Å²) in [5, 5.41) is 3.37. The highest BCUT2D eigenvalue weighted by Crippen LogP contribution is 2.21. The lowest BCUT2D eigenvalue weighted by atomic mass is 9.99. The Bertz CT molecular complexity index is 534. The number of rotatable bonds is 5. The molecule has 1 atom stereocenters. The van der Waals surface area contributed by atoms with Crippen molar-refractivity contribution in [2.45, 2.75) is 32.7 Å². The second-order valence-corrected chi connectivity index (χ2v) is 4.92. The first-order valence-electron chi connectivity index (χ1n) is 6.94. The van der Waals surface area contributed by atoms with Crippen LogP contribution in [-0.4, -0.2) is 12.0 Å². The molecule has 0 amide bonds. The summed E-state index contributed by atoms with van der Waals surface area (Å²) in [6.07, 6.45) is 2.31. The molecule has 0 aliphatic rings. The van der Waals surface area contributed by atoms with Crippen LogP contribution >= 0.6 is 0 Å². The van der Waals surface area contributed by atoms with Gasteiger partial charge in [0, 0.05) is 5.69 Å². The van der Waals surface area contributed by atoms with Gasteiger partial charge in [-0.2, -0.15) is 0 Å². The maximum atomic E-state index is 4.63. The molecular formula is C17H22N2. The minimum Gasteiger partial charge on any atom is -0.308 e. The number of hydrogen-bond donors (Lipinski definition) is 1. The highest BCUT2D eigenvalue weighted by molar-refractivity contribution is 5.32. The van der Waals surface area contributed by atoms with Gasteiger partial charge >= 0.3 is 0 Å². The summed E-state index contributed by atoms with van der Waals surface area (Å²) < 4.78 is 0. The number of benzene rings is 1. The molecular weight excluding hydrogens is 232 g/mol. The van der Waals surface area contributed by atoms with Gasteiger partial charge in [-0.3, -0.25) is 4.98 Å². The topological polar surface area (TPSA) is 24.9 Å². The minimum absolute atomic E-state index is 0.164. The maximum absolute atomic E-state index is 4.63. The number of hydrogen-bond acceptors (Lipinski definition) is 2. The lowest BCUT2D eigenvalue weighted by Gasteiger charge is -2.17. The fraction of sp³-hybridized carbons (Fsp3) is 0.353. The second kappa shape index (κ2) is 6.48. The van der Waals surface area contributed by atoms with E-state index in [1.807, 2.05) is 20.0 Å². The van der Waals surface area contributed by atoms with E-state index in [4.69, 9.17) is 0 Å². The summed E-state index contributed by atoms with van der Waals surface area (Å²) in [7, 11) is 1.99. The van der Waals surface area contributed by atoms with E-state index < -0.39 is 0 Å². The van der Waals surface area contributed by atoms with Crippen molar-refractivity contribution in [2.24, 2.45) is 0 Å². The van der Waals surface area contributed by atoms with Crippen molar-refractivity contribution in [1.29, 1.82) is 0 Å². The first kappa shape index (κ1) is 13.8. The van der Waals surface area contributed by atoms with Gasteiger partial charge in [-0.25, -0.2) is 0 Å². The molecule has 0 radical (unpaired) electrons. The second-order valence-electron chi connectivity index (χ2n) is 4.92. The molecule has 2 aromatic rings. The third-order valence-corrected chi connectivity index (χ3v) is 3.32. The molecule has 2 heteroatoms. The fourth-order valence-corrected chi connectivity index (χ4v) is 2.43. The highest BCUT2D eigenvalue weighted by Gasteiger charge is 2.13. The molecule has 100 valence electrons. The number of aryl methyl sites for hydroxylation is 2. The standard InChI is InChI=1S/C17H22N2/c1-4-7-14-9-6-10-15(12-14)17(18-3)16-11-5-8-13(2)19-16/h5-6,8-12,17-18H,4,7H2,1-3H3. The Labute approximate surface area is 115 Å². The summed E-state index contributed by atoms with van der Waals surface area (Å²) in [4.78, 5) is 4.63. The number of nitrogens with zero attached hydrogens (tertiary/aromatic N) is 1. The van der Waals surface area contributed by atoms with Gasteiger partial charge in [0.2, 0.25) is 0 Å². The van der Waals surface area contributed by atoms with Crippen LogP contribution in [-0.2, 0) is 6.42 Å². The Hall–Kier alpha value is -1.67. The first-order valence-corrected chi connectivity index (χ1v) is 6.94. The van der Waals surface area contributed by atoms with Crippen LogP contribution in [0.4, 0.5) is 0 Å². The van der Waals surface area contributed by atoms with Crippen molar-refractivity contribution in [1.82, 2.24) is 10.3 Å². The van der Waals surface area contributed by atoms with Crippen molar-refractivity contribution in [3.8, 4) is 0 Å². The van der Waals surface area contributed by atoms with Crippen LogP contribution in [0, 0.1) is 6.92 Å². The fourth-order valence-electron chi connectivity index (χ4n) is 2.43. The van der Waals surface area contributed by atoms with Gasteiger partial charge in [0.1, 0.15) is 0 Å². The number of pyridine rings is 1. The van der Waals surface area contributed by atoms with Gasteiger partial charge in [-0.15, -0.1) is 0 Å². The molecule has 1 aromatic heterocycles. The van der Waals surface area contributed by atoms with Crippen molar-refractivity contribution >= 4 is 0 Å². The largest absolute Gasteiger partial charge is 0.308 e. The molecule has 0 saturated heterocycles. The molecule has 1 N–H and O–H groups in total. The van der Waals surface area contributed by atoms with E-state index in [0.717, 1.165) is 17.8 Å². The van der Waals surface area contributed by atoms with Crippen molar-refractivity contribution in [3.63, 3.8) is 0 Å². The summed E-state index contributed by atoms with van der Waals surface area (Å²) in [5.41, 5.74) is 4.82. The predicted octanol–water partition coefficient (Wildman–Crippen LogP) is 3.65. The van der Waals surface area contributed by atoms with Crippen LogP contribution < -0.4 is 5.32 Å². The van der Waals surface area contributed by atoms with E-state index in [1.54, 1.807) is 0 Å². The van der Waals surface area contributed by atoms with Crippen LogP contribution in [0.15, 0.2) is 42.5 Å². The van der Waals surface area contributed by atoms with Crippen molar-refractivity contribution in [3.05, 3.63) is 65.0 Å². The average molecular weight is 254 g/mol. The Morgan fingerprint density at radius 2 is 1.95 bits per heavy atom. The molecule has 0 fully saturated rings. The van der Waals surface area contributed by atoms with Gasteiger partial charge in [-0.1, -0.05) is 43.7 Å². The summed E-state index contributed by atoms with van der Waals surface area (Å²) in [6, 6.07) is 15.1. The van der Waals surface area contributed by atoms with E-state index in [1.165, 1.54) is 17.5 Å². The summed E-state index contributed by atoms with van der Waals surface area (Å²) >= 11 is 0. The van der Waals surface area contributed by atoms with Crippen molar-refractivity contribution in [2.75, 3.05) is 7.05 Å². The molecule has 0 saturated carbocycles. The Morgan fingerprint density at radius 1 is 1.16 bits per heavy atom. The molecule has 0 aliphatic heterocycles.